The van der Waals surface area contributed by atoms with Crippen molar-refractivity contribution in [2.75, 3.05) is 11.9 Å². The Kier molecular flexibility index (Phi) is 9.09. The number of alkyl halides is 5. The SMILES string of the molecule is Cn1c(Cc2cc(CNC(=O)C3(C(F)(F)F)CC3)c(F)cc2Cl)nc2cc(C(=O)Nc3ccc(Br)cc3)c(OCC(F)F)cc21. The molecule has 238 valence electrons. The molecule has 1 saturated carbocycles. The second-order valence-electron chi connectivity index (χ2n) is 10.6. The molecule has 1 aliphatic rings. The van der Waals surface area contributed by atoms with Crippen LogP contribution in [0.4, 0.5) is 32.0 Å². The van der Waals surface area contributed by atoms with Gasteiger partial charge in [0, 0.05) is 46.8 Å². The summed E-state index contributed by atoms with van der Waals surface area (Å²) in [6.45, 7) is -1.44. The number of amides is 2. The summed E-state index contributed by atoms with van der Waals surface area (Å²) in [7, 11) is 1.63. The second-order valence-corrected chi connectivity index (χ2v) is 11.9. The summed E-state index contributed by atoms with van der Waals surface area (Å²) in [5.41, 5.74) is -0.992. The first-order chi connectivity index (χ1) is 21.2. The number of fused-ring (bicyclic) bond motifs is 1. The highest BCUT2D eigenvalue weighted by molar-refractivity contribution is 9.10. The van der Waals surface area contributed by atoms with Gasteiger partial charge in [-0.2, -0.15) is 13.2 Å². The number of rotatable bonds is 10. The van der Waals surface area contributed by atoms with Crippen molar-refractivity contribution in [3.8, 4) is 5.75 Å². The van der Waals surface area contributed by atoms with Crippen LogP contribution in [0.2, 0.25) is 5.02 Å². The van der Waals surface area contributed by atoms with Crippen molar-refractivity contribution >= 4 is 56.1 Å². The lowest BCUT2D eigenvalue weighted by Gasteiger charge is -2.19. The number of carbonyl (C=O) groups is 2. The second kappa shape index (κ2) is 12.5. The largest absolute Gasteiger partial charge is 0.487 e. The molecule has 45 heavy (non-hydrogen) atoms. The van der Waals surface area contributed by atoms with E-state index in [9.17, 15) is 35.9 Å². The Morgan fingerprint density at radius 2 is 1.80 bits per heavy atom. The van der Waals surface area contributed by atoms with E-state index in [1.165, 1.54) is 18.2 Å². The molecule has 0 spiro atoms. The fourth-order valence-electron chi connectivity index (χ4n) is 4.80. The number of carbonyl (C=O) groups excluding carboxylic acids is 2. The smallest absolute Gasteiger partial charge is 0.403 e. The number of halogens is 8. The Hall–Kier alpha value is -3.78. The van der Waals surface area contributed by atoms with Crippen LogP contribution in [0, 0.1) is 11.2 Å². The molecule has 7 nitrogen and oxygen atoms in total. The molecule has 1 heterocycles. The molecule has 1 fully saturated rings. The van der Waals surface area contributed by atoms with Gasteiger partial charge in [0.05, 0.1) is 16.6 Å². The summed E-state index contributed by atoms with van der Waals surface area (Å²) in [5, 5.41) is 4.89. The van der Waals surface area contributed by atoms with E-state index in [-0.39, 0.29) is 41.2 Å². The third-order valence-corrected chi connectivity index (χ3v) is 8.40. The summed E-state index contributed by atoms with van der Waals surface area (Å²) in [4.78, 5) is 30.0. The van der Waals surface area contributed by atoms with E-state index in [1.807, 2.05) is 0 Å². The van der Waals surface area contributed by atoms with Crippen LogP contribution in [-0.4, -0.2) is 40.6 Å². The van der Waals surface area contributed by atoms with Gasteiger partial charge in [-0.1, -0.05) is 27.5 Å². The Morgan fingerprint density at radius 3 is 2.42 bits per heavy atom. The highest BCUT2D eigenvalue weighted by Gasteiger charge is 2.68. The van der Waals surface area contributed by atoms with Crippen molar-refractivity contribution in [3.05, 3.63) is 86.4 Å². The van der Waals surface area contributed by atoms with Gasteiger partial charge in [-0.3, -0.25) is 9.59 Å². The van der Waals surface area contributed by atoms with E-state index in [0.717, 1.165) is 10.5 Å². The standard InChI is InChI=1S/C30H24BrClF6N4O3/c1-42-23-12-24(45-14-25(34)35)19(27(43)40-18-4-2-17(31)3-5-18)10-22(23)41-26(42)9-15-8-16(21(33)11-20(15)32)13-39-28(44)29(6-7-29)30(36,37)38/h2-5,8,10-12,25H,6-7,9,13-14H2,1H3,(H,39,44)(H,40,43). The van der Waals surface area contributed by atoms with Gasteiger partial charge in [0.2, 0.25) is 5.91 Å². The van der Waals surface area contributed by atoms with Gasteiger partial charge in [-0.25, -0.2) is 18.2 Å². The van der Waals surface area contributed by atoms with Crippen molar-refractivity contribution in [2.45, 2.75) is 38.4 Å². The van der Waals surface area contributed by atoms with E-state index in [2.05, 4.69) is 31.5 Å². The van der Waals surface area contributed by atoms with Crippen LogP contribution in [0.5, 0.6) is 5.75 Å². The molecule has 2 N–H and O–H groups in total. The summed E-state index contributed by atoms with van der Waals surface area (Å²) < 4.78 is 88.3. The first-order valence-electron chi connectivity index (χ1n) is 13.5. The number of nitrogens with one attached hydrogen (secondary N) is 2. The number of hydrogen-bond acceptors (Lipinski definition) is 4. The third-order valence-electron chi connectivity index (χ3n) is 7.52. The number of hydrogen-bond donors (Lipinski definition) is 2. The van der Waals surface area contributed by atoms with Gasteiger partial charge in [-0.05, 0) is 60.9 Å². The maximum atomic E-state index is 14.7. The number of aromatic nitrogens is 2. The molecular weight excluding hydrogens is 694 g/mol. The lowest BCUT2D eigenvalue weighted by molar-refractivity contribution is -0.192. The minimum Gasteiger partial charge on any atom is -0.487 e. The highest BCUT2D eigenvalue weighted by Crippen LogP contribution is 2.57. The number of ether oxygens (including phenoxy) is 1. The summed E-state index contributed by atoms with van der Waals surface area (Å²) >= 11 is 9.61. The van der Waals surface area contributed by atoms with Crippen LogP contribution in [0.1, 0.15) is 40.2 Å². The van der Waals surface area contributed by atoms with Gasteiger partial charge in [0.15, 0.2) is 0 Å². The Balaban J connectivity index is 1.42. The molecule has 5 rings (SSSR count). The number of imidazole rings is 1. The molecule has 15 heteroatoms. The van der Waals surface area contributed by atoms with Gasteiger partial charge in [-0.15, -0.1) is 0 Å². The van der Waals surface area contributed by atoms with E-state index < -0.39 is 48.8 Å². The van der Waals surface area contributed by atoms with Crippen molar-refractivity contribution < 1.29 is 40.7 Å². The molecule has 4 aromatic rings. The van der Waals surface area contributed by atoms with Gasteiger partial charge in [0.25, 0.3) is 12.3 Å². The Bertz CT molecular complexity index is 1770. The van der Waals surface area contributed by atoms with Crippen LogP contribution < -0.4 is 15.4 Å². The topological polar surface area (TPSA) is 85.2 Å². The fourth-order valence-corrected chi connectivity index (χ4v) is 5.28. The first kappa shape index (κ1) is 32.6. The maximum absolute atomic E-state index is 14.7. The van der Waals surface area contributed by atoms with Crippen molar-refractivity contribution in [2.24, 2.45) is 12.5 Å². The Morgan fingerprint density at radius 1 is 1.11 bits per heavy atom. The Labute approximate surface area is 266 Å². The summed E-state index contributed by atoms with van der Waals surface area (Å²) in [6, 6.07) is 11.9. The molecule has 0 unspecified atom stereocenters. The molecule has 0 radical (unpaired) electrons. The van der Waals surface area contributed by atoms with Crippen molar-refractivity contribution in [3.63, 3.8) is 0 Å². The molecule has 0 aliphatic heterocycles. The zero-order valence-electron chi connectivity index (χ0n) is 23.4. The van der Waals surface area contributed by atoms with Crippen LogP contribution in [0.15, 0.2) is 53.0 Å². The number of nitrogens with zero attached hydrogens (tertiary/aromatic N) is 2. The third kappa shape index (κ3) is 6.91. The average molecular weight is 718 g/mol. The average Bonchev–Trinajstić information content (AvgIpc) is 3.75. The van der Waals surface area contributed by atoms with Crippen LogP contribution in [0.25, 0.3) is 11.0 Å². The fraction of sp³-hybridized carbons (Fsp3) is 0.300. The minimum absolute atomic E-state index is 0.0131. The number of benzene rings is 3. The zero-order chi connectivity index (χ0) is 32.7. The lowest BCUT2D eigenvalue weighted by Crippen LogP contribution is -2.41. The quantitative estimate of drug-likeness (QED) is 0.166. The predicted octanol–water partition coefficient (Wildman–Crippen LogP) is 7.57. The van der Waals surface area contributed by atoms with Gasteiger partial charge < -0.3 is 19.9 Å². The lowest BCUT2D eigenvalue weighted by atomic mass is 10.0. The van der Waals surface area contributed by atoms with E-state index in [4.69, 9.17) is 16.3 Å². The predicted molar refractivity (Wildman–Crippen MR) is 158 cm³/mol. The van der Waals surface area contributed by atoms with Crippen LogP contribution in [-0.2, 0) is 24.8 Å². The molecular formula is C30H24BrClF6N4O3. The molecule has 0 bridgehead atoms. The normalized spacial score (nSPS) is 14.1. The first-order valence-corrected chi connectivity index (χ1v) is 14.6. The summed E-state index contributed by atoms with van der Waals surface area (Å²) in [5.74, 6) is -2.37. The van der Waals surface area contributed by atoms with Gasteiger partial charge in [0.1, 0.15) is 29.4 Å². The molecule has 0 saturated heterocycles. The van der Waals surface area contributed by atoms with E-state index in [1.54, 1.807) is 35.9 Å². The molecule has 0 atom stereocenters. The van der Waals surface area contributed by atoms with Crippen molar-refractivity contribution in [1.29, 1.82) is 0 Å². The summed E-state index contributed by atoms with van der Waals surface area (Å²) in [6.07, 6.45) is -8.14. The van der Waals surface area contributed by atoms with Crippen molar-refractivity contribution in [1.82, 2.24) is 14.9 Å². The van der Waals surface area contributed by atoms with Gasteiger partial charge >= 0.3 is 6.18 Å². The van der Waals surface area contributed by atoms with Crippen LogP contribution in [0.3, 0.4) is 0 Å². The molecule has 1 aliphatic carbocycles. The minimum atomic E-state index is -4.70. The maximum Gasteiger partial charge on any atom is 0.403 e. The van der Waals surface area contributed by atoms with E-state index in [0.29, 0.717) is 28.1 Å². The molecule has 3 aromatic carbocycles. The number of aryl methyl sites for hydroxylation is 1. The van der Waals surface area contributed by atoms with Crippen LogP contribution >= 0.6 is 27.5 Å². The zero-order valence-corrected chi connectivity index (χ0v) is 25.7. The highest BCUT2D eigenvalue weighted by atomic mass is 79.9. The molecule has 2 amide bonds. The van der Waals surface area contributed by atoms with E-state index >= 15 is 0 Å². The molecule has 1 aromatic heterocycles. The monoisotopic (exact) mass is 716 g/mol. The number of anilines is 1.